The molecule has 0 fully saturated rings. The number of aryl methyl sites for hydroxylation is 2. The average Bonchev–Trinajstić information content (AvgIpc) is 2.73. The SMILES string of the molecule is CCCCc1cc(=O)oc2c(C)c3c(cc12)CN(c1ccc(OCC)cc1)CO3. The standard InChI is InChI=1S/C24H27NO4/c1-4-6-7-17-13-22(26)29-24-16(3)23-18(12-21(17)24)14-25(15-28-23)19-8-10-20(11-9-19)27-5-2/h8-13H,4-7,14-15H2,1-3H3. The average molecular weight is 393 g/mol. The minimum Gasteiger partial charge on any atom is -0.494 e. The van der Waals surface area contributed by atoms with Gasteiger partial charge in [0.2, 0.25) is 0 Å². The van der Waals surface area contributed by atoms with Crippen LogP contribution >= 0.6 is 0 Å². The predicted molar refractivity (Wildman–Crippen MR) is 115 cm³/mol. The van der Waals surface area contributed by atoms with Crippen LogP contribution in [0.25, 0.3) is 11.0 Å². The van der Waals surface area contributed by atoms with E-state index in [2.05, 4.69) is 30.0 Å². The Labute approximate surface area is 170 Å². The van der Waals surface area contributed by atoms with E-state index in [1.54, 1.807) is 6.07 Å². The topological polar surface area (TPSA) is 51.9 Å². The first-order valence-electron chi connectivity index (χ1n) is 10.3. The number of anilines is 1. The van der Waals surface area contributed by atoms with Crippen molar-refractivity contribution in [2.45, 2.75) is 46.6 Å². The quantitative estimate of drug-likeness (QED) is 0.539. The zero-order valence-corrected chi connectivity index (χ0v) is 17.3. The van der Waals surface area contributed by atoms with Crippen LogP contribution in [0.2, 0.25) is 0 Å². The first-order chi connectivity index (χ1) is 14.1. The maximum absolute atomic E-state index is 12.1. The molecule has 5 nitrogen and oxygen atoms in total. The van der Waals surface area contributed by atoms with Crippen LogP contribution in [0.4, 0.5) is 5.69 Å². The highest BCUT2D eigenvalue weighted by Gasteiger charge is 2.23. The molecule has 29 heavy (non-hydrogen) atoms. The van der Waals surface area contributed by atoms with Crippen molar-refractivity contribution in [3.8, 4) is 11.5 Å². The molecule has 0 amide bonds. The summed E-state index contributed by atoms with van der Waals surface area (Å²) in [6.07, 6.45) is 3.00. The molecule has 2 aromatic carbocycles. The molecule has 0 N–H and O–H groups in total. The summed E-state index contributed by atoms with van der Waals surface area (Å²) in [7, 11) is 0. The van der Waals surface area contributed by atoms with Gasteiger partial charge in [-0.15, -0.1) is 0 Å². The molecule has 5 heteroatoms. The third-order valence-electron chi connectivity index (χ3n) is 5.42. The van der Waals surface area contributed by atoms with Gasteiger partial charge in [0.1, 0.15) is 17.1 Å². The van der Waals surface area contributed by atoms with Gasteiger partial charge in [-0.2, -0.15) is 0 Å². The lowest BCUT2D eigenvalue weighted by atomic mass is 9.98. The molecule has 0 unspecified atom stereocenters. The van der Waals surface area contributed by atoms with Gasteiger partial charge in [-0.05, 0) is 62.6 Å². The summed E-state index contributed by atoms with van der Waals surface area (Å²) >= 11 is 0. The molecule has 1 aliphatic rings. The van der Waals surface area contributed by atoms with E-state index in [1.807, 2.05) is 26.0 Å². The lowest BCUT2D eigenvalue weighted by Crippen LogP contribution is -2.32. The van der Waals surface area contributed by atoms with Crippen molar-refractivity contribution in [3.05, 3.63) is 63.5 Å². The van der Waals surface area contributed by atoms with Crippen LogP contribution in [0.3, 0.4) is 0 Å². The van der Waals surface area contributed by atoms with E-state index in [-0.39, 0.29) is 5.63 Å². The Bertz CT molecular complexity index is 1070. The molecule has 2 heterocycles. The van der Waals surface area contributed by atoms with Crippen LogP contribution in [0.15, 0.2) is 45.6 Å². The highest BCUT2D eigenvalue weighted by Crippen LogP contribution is 2.37. The number of fused-ring (bicyclic) bond motifs is 2. The van der Waals surface area contributed by atoms with E-state index in [9.17, 15) is 4.79 Å². The Hall–Kier alpha value is -2.95. The molecular weight excluding hydrogens is 366 g/mol. The summed E-state index contributed by atoms with van der Waals surface area (Å²) in [6.45, 7) is 7.96. The molecular formula is C24H27NO4. The summed E-state index contributed by atoms with van der Waals surface area (Å²) in [5.74, 6) is 1.70. The summed E-state index contributed by atoms with van der Waals surface area (Å²) in [6, 6.07) is 11.8. The van der Waals surface area contributed by atoms with Gasteiger partial charge in [-0.25, -0.2) is 4.79 Å². The molecule has 0 bridgehead atoms. The van der Waals surface area contributed by atoms with E-state index in [0.717, 1.165) is 65.1 Å². The lowest BCUT2D eigenvalue weighted by Gasteiger charge is -2.32. The fourth-order valence-electron chi connectivity index (χ4n) is 3.94. The van der Waals surface area contributed by atoms with Gasteiger partial charge < -0.3 is 18.8 Å². The highest BCUT2D eigenvalue weighted by molar-refractivity contribution is 5.86. The number of rotatable bonds is 6. The Balaban J connectivity index is 1.71. The minimum atomic E-state index is -0.293. The highest BCUT2D eigenvalue weighted by atomic mass is 16.5. The molecule has 0 aliphatic carbocycles. The first-order valence-corrected chi connectivity index (χ1v) is 10.3. The smallest absolute Gasteiger partial charge is 0.336 e. The van der Waals surface area contributed by atoms with E-state index in [4.69, 9.17) is 13.9 Å². The molecule has 0 radical (unpaired) electrons. The second-order valence-electron chi connectivity index (χ2n) is 7.46. The van der Waals surface area contributed by atoms with Crippen molar-refractivity contribution < 1.29 is 13.9 Å². The van der Waals surface area contributed by atoms with Gasteiger partial charge in [-0.3, -0.25) is 0 Å². The molecule has 0 saturated heterocycles. The summed E-state index contributed by atoms with van der Waals surface area (Å²) < 4.78 is 17.2. The molecule has 3 aromatic rings. The molecule has 0 atom stereocenters. The van der Waals surface area contributed by atoms with Crippen LogP contribution in [0, 0.1) is 6.92 Å². The zero-order valence-electron chi connectivity index (χ0n) is 17.3. The number of ether oxygens (including phenoxy) is 2. The van der Waals surface area contributed by atoms with Crippen LogP contribution in [0.1, 0.15) is 43.4 Å². The minimum absolute atomic E-state index is 0.293. The Morgan fingerprint density at radius 1 is 1.14 bits per heavy atom. The second-order valence-corrected chi connectivity index (χ2v) is 7.46. The van der Waals surface area contributed by atoms with Gasteiger partial charge in [-0.1, -0.05) is 13.3 Å². The maximum Gasteiger partial charge on any atom is 0.336 e. The van der Waals surface area contributed by atoms with Gasteiger partial charge in [0, 0.05) is 34.8 Å². The van der Waals surface area contributed by atoms with E-state index < -0.39 is 0 Å². The van der Waals surface area contributed by atoms with E-state index >= 15 is 0 Å². The zero-order chi connectivity index (χ0) is 20.4. The number of hydrogen-bond donors (Lipinski definition) is 0. The van der Waals surface area contributed by atoms with Crippen molar-refractivity contribution in [2.24, 2.45) is 0 Å². The third-order valence-corrected chi connectivity index (χ3v) is 5.42. The first kappa shape index (κ1) is 19.4. The number of unbranched alkanes of at least 4 members (excludes halogenated alkanes) is 1. The largest absolute Gasteiger partial charge is 0.494 e. The number of nitrogens with zero attached hydrogens (tertiary/aromatic N) is 1. The van der Waals surface area contributed by atoms with E-state index in [0.29, 0.717) is 18.9 Å². The van der Waals surface area contributed by atoms with Crippen LogP contribution in [-0.4, -0.2) is 13.3 Å². The van der Waals surface area contributed by atoms with Crippen molar-refractivity contribution in [3.63, 3.8) is 0 Å². The molecule has 1 aromatic heterocycles. The fourth-order valence-corrected chi connectivity index (χ4v) is 3.94. The van der Waals surface area contributed by atoms with Gasteiger partial charge in [0.25, 0.3) is 0 Å². The Morgan fingerprint density at radius 3 is 2.66 bits per heavy atom. The molecule has 0 spiro atoms. The van der Waals surface area contributed by atoms with Crippen molar-refractivity contribution >= 4 is 16.7 Å². The Morgan fingerprint density at radius 2 is 1.93 bits per heavy atom. The van der Waals surface area contributed by atoms with Gasteiger partial charge in [0.05, 0.1) is 6.61 Å². The third kappa shape index (κ3) is 3.82. The van der Waals surface area contributed by atoms with Crippen LogP contribution in [-0.2, 0) is 13.0 Å². The van der Waals surface area contributed by atoms with E-state index in [1.165, 1.54) is 0 Å². The number of benzene rings is 2. The fraction of sp³-hybridized carbons (Fsp3) is 0.375. The van der Waals surface area contributed by atoms with Crippen LogP contribution < -0.4 is 20.0 Å². The lowest BCUT2D eigenvalue weighted by molar-refractivity contribution is 0.287. The van der Waals surface area contributed by atoms with Crippen molar-refractivity contribution in [1.29, 1.82) is 0 Å². The van der Waals surface area contributed by atoms with Crippen molar-refractivity contribution in [2.75, 3.05) is 18.2 Å². The summed E-state index contributed by atoms with van der Waals surface area (Å²) in [5, 5.41) is 1.02. The predicted octanol–water partition coefficient (Wildman–Crippen LogP) is 5.20. The maximum atomic E-state index is 12.1. The second kappa shape index (κ2) is 8.19. The molecule has 4 rings (SSSR count). The molecule has 0 saturated carbocycles. The molecule has 1 aliphatic heterocycles. The van der Waals surface area contributed by atoms with Gasteiger partial charge in [0.15, 0.2) is 6.73 Å². The Kier molecular flexibility index (Phi) is 5.47. The monoisotopic (exact) mass is 393 g/mol. The summed E-state index contributed by atoms with van der Waals surface area (Å²) in [4.78, 5) is 14.3. The number of hydrogen-bond acceptors (Lipinski definition) is 5. The van der Waals surface area contributed by atoms with Crippen LogP contribution in [0.5, 0.6) is 11.5 Å². The van der Waals surface area contributed by atoms with Crippen molar-refractivity contribution in [1.82, 2.24) is 0 Å². The van der Waals surface area contributed by atoms with Gasteiger partial charge >= 0.3 is 5.63 Å². The molecule has 152 valence electrons. The normalized spacial score (nSPS) is 13.3. The summed E-state index contributed by atoms with van der Waals surface area (Å²) in [5.41, 5.74) is 4.52.